The Hall–Kier alpha value is -1.16. The van der Waals surface area contributed by atoms with Crippen molar-refractivity contribution < 1.29 is 9.84 Å². The van der Waals surface area contributed by atoms with Crippen LogP contribution in [0.3, 0.4) is 0 Å². The third-order valence-corrected chi connectivity index (χ3v) is 4.76. The molecule has 1 aliphatic carbocycles. The molecule has 1 saturated carbocycles. The predicted molar refractivity (Wildman–Crippen MR) is 77.2 cm³/mol. The Bertz CT molecular complexity index is 564. The summed E-state index contributed by atoms with van der Waals surface area (Å²) in [6, 6.07) is 3.88. The number of hydrogen-bond donors (Lipinski definition) is 2. The van der Waals surface area contributed by atoms with Gasteiger partial charge >= 0.3 is 0 Å². The molecule has 2 bridgehead atoms. The van der Waals surface area contributed by atoms with Gasteiger partial charge in [-0.2, -0.15) is 5.26 Å². The molecule has 0 aromatic carbocycles. The number of nitrogens with zero attached hydrogens (tertiary/aromatic N) is 2. The summed E-state index contributed by atoms with van der Waals surface area (Å²) in [5.41, 5.74) is 0.368. The number of nitrogens with one attached hydrogen (secondary N) is 1. The molecule has 106 valence electrons. The van der Waals surface area contributed by atoms with E-state index < -0.39 is 0 Å². The van der Waals surface area contributed by atoms with E-state index in [0.29, 0.717) is 24.5 Å². The predicted octanol–water partition coefficient (Wildman–Crippen LogP) is 2.06. The van der Waals surface area contributed by atoms with Crippen LogP contribution < -0.4 is 5.32 Å². The van der Waals surface area contributed by atoms with Crippen LogP contribution in [0.5, 0.6) is 0 Å². The maximum Gasteiger partial charge on any atom is 0.144 e. The van der Waals surface area contributed by atoms with Crippen molar-refractivity contribution in [3.05, 3.63) is 22.3 Å². The fourth-order valence-electron chi connectivity index (χ4n) is 3.36. The van der Waals surface area contributed by atoms with Crippen molar-refractivity contribution in [2.24, 2.45) is 5.41 Å². The van der Waals surface area contributed by atoms with Crippen LogP contribution in [-0.2, 0) is 4.74 Å². The van der Waals surface area contributed by atoms with Gasteiger partial charge in [-0.3, -0.25) is 0 Å². The van der Waals surface area contributed by atoms with Gasteiger partial charge in [0.15, 0.2) is 0 Å². The fourth-order valence-corrected chi connectivity index (χ4v) is 3.69. The summed E-state index contributed by atoms with van der Waals surface area (Å²) < 4.78 is 6.67. The summed E-state index contributed by atoms with van der Waals surface area (Å²) in [6.07, 6.45) is 4.36. The largest absolute Gasteiger partial charge is 0.396 e. The van der Waals surface area contributed by atoms with Crippen LogP contribution in [0.1, 0.15) is 24.8 Å². The number of pyridine rings is 1. The Morgan fingerprint density at radius 3 is 3.05 bits per heavy atom. The number of halogens is 1. The molecule has 1 aromatic rings. The number of rotatable bonds is 4. The average molecular weight is 338 g/mol. The van der Waals surface area contributed by atoms with Gasteiger partial charge in [-0.15, -0.1) is 0 Å². The van der Waals surface area contributed by atoms with Crippen LogP contribution >= 0.6 is 15.9 Å². The third kappa shape index (κ3) is 2.30. The molecule has 0 radical (unpaired) electrons. The highest BCUT2D eigenvalue weighted by atomic mass is 79.9. The number of aliphatic hydroxyl groups excluding tert-OH is 1. The number of nitriles is 1. The van der Waals surface area contributed by atoms with E-state index in [1.54, 1.807) is 12.3 Å². The smallest absolute Gasteiger partial charge is 0.144 e. The summed E-state index contributed by atoms with van der Waals surface area (Å²) in [6.45, 7) is 1.55. The zero-order valence-electron chi connectivity index (χ0n) is 11.0. The van der Waals surface area contributed by atoms with Gasteiger partial charge in [-0.25, -0.2) is 4.98 Å². The topological polar surface area (TPSA) is 78.2 Å². The molecule has 0 unspecified atom stereocenters. The van der Waals surface area contributed by atoms with E-state index in [0.717, 1.165) is 23.7 Å². The molecule has 0 amide bonds. The van der Waals surface area contributed by atoms with Crippen LogP contribution in [0, 0.1) is 16.7 Å². The Morgan fingerprint density at radius 2 is 2.35 bits per heavy atom. The van der Waals surface area contributed by atoms with Crippen molar-refractivity contribution in [1.29, 1.82) is 5.26 Å². The lowest BCUT2D eigenvalue weighted by Crippen LogP contribution is -2.63. The van der Waals surface area contributed by atoms with E-state index in [2.05, 4.69) is 32.3 Å². The molecule has 5 nitrogen and oxygen atoms in total. The van der Waals surface area contributed by atoms with Crippen LogP contribution in [0.4, 0.5) is 5.82 Å². The van der Waals surface area contributed by atoms with Gasteiger partial charge in [0.2, 0.25) is 0 Å². The van der Waals surface area contributed by atoms with Gasteiger partial charge < -0.3 is 15.2 Å². The summed E-state index contributed by atoms with van der Waals surface area (Å²) in [5, 5.41) is 21.8. The SMILES string of the molecule is N#Cc1cc(Br)cnc1NCC12CC(CO)(CCO1)C2. The molecule has 3 heterocycles. The molecule has 2 N–H and O–H groups in total. The third-order valence-electron chi connectivity index (χ3n) is 4.32. The Balaban J connectivity index is 1.68. The van der Waals surface area contributed by atoms with E-state index in [1.807, 2.05) is 0 Å². The van der Waals surface area contributed by atoms with E-state index in [1.165, 1.54) is 0 Å². The van der Waals surface area contributed by atoms with Crippen LogP contribution in [0.2, 0.25) is 0 Å². The number of anilines is 1. The molecule has 4 rings (SSSR count). The number of fused-ring (bicyclic) bond motifs is 2. The van der Waals surface area contributed by atoms with Gasteiger partial charge in [0.05, 0.1) is 11.2 Å². The molecule has 1 aromatic heterocycles. The van der Waals surface area contributed by atoms with Crippen LogP contribution in [0.25, 0.3) is 0 Å². The average Bonchev–Trinajstić information content (AvgIpc) is 2.45. The summed E-state index contributed by atoms with van der Waals surface area (Å²) in [7, 11) is 0. The van der Waals surface area contributed by atoms with Crippen molar-refractivity contribution in [2.75, 3.05) is 25.1 Å². The van der Waals surface area contributed by atoms with Crippen molar-refractivity contribution >= 4 is 21.7 Å². The molecule has 2 saturated heterocycles. The first-order valence-corrected chi connectivity index (χ1v) is 7.44. The first-order valence-electron chi connectivity index (χ1n) is 6.65. The summed E-state index contributed by atoms with van der Waals surface area (Å²) in [5.74, 6) is 0.584. The van der Waals surface area contributed by atoms with E-state index in [9.17, 15) is 5.11 Å². The molecule has 3 fully saturated rings. The number of ether oxygens (including phenoxy) is 1. The molecule has 0 atom stereocenters. The van der Waals surface area contributed by atoms with Gasteiger partial charge in [0.1, 0.15) is 11.9 Å². The maximum absolute atomic E-state index is 9.46. The maximum atomic E-state index is 9.46. The Labute approximate surface area is 126 Å². The minimum atomic E-state index is -0.206. The van der Waals surface area contributed by atoms with Crippen molar-refractivity contribution in [3.63, 3.8) is 0 Å². The minimum Gasteiger partial charge on any atom is -0.396 e. The minimum absolute atomic E-state index is 0.0606. The number of aliphatic hydroxyl groups is 1. The fraction of sp³-hybridized carbons (Fsp3) is 0.571. The lowest BCUT2D eigenvalue weighted by Gasteiger charge is -2.59. The highest BCUT2D eigenvalue weighted by Gasteiger charge is 2.58. The molecule has 2 aliphatic heterocycles. The second-order valence-electron chi connectivity index (χ2n) is 5.81. The van der Waals surface area contributed by atoms with E-state index >= 15 is 0 Å². The van der Waals surface area contributed by atoms with Crippen molar-refractivity contribution in [1.82, 2.24) is 4.98 Å². The first-order chi connectivity index (χ1) is 9.60. The molecule has 20 heavy (non-hydrogen) atoms. The normalized spacial score (nSPS) is 31.2. The molecule has 0 spiro atoms. The zero-order chi connectivity index (χ0) is 14.2. The van der Waals surface area contributed by atoms with Gasteiger partial charge in [0, 0.05) is 35.8 Å². The second-order valence-corrected chi connectivity index (χ2v) is 6.72. The monoisotopic (exact) mass is 337 g/mol. The van der Waals surface area contributed by atoms with Crippen LogP contribution in [-0.4, -0.2) is 35.5 Å². The molecule has 6 heteroatoms. The lowest BCUT2D eigenvalue weighted by atomic mass is 9.56. The molecular formula is C14H16BrN3O2. The highest BCUT2D eigenvalue weighted by Crippen LogP contribution is 2.56. The zero-order valence-corrected chi connectivity index (χ0v) is 12.6. The van der Waals surface area contributed by atoms with Gasteiger partial charge in [-0.1, -0.05) is 0 Å². The van der Waals surface area contributed by atoms with E-state index in [-0.39, 0.29) is 17.6 Å². The van der Waals surface area contributed by atoms with Gasteiger partial charge in [-0.05, 0) is 41.3 Å². The lowest BCUT2D eigenvalue weighted by molar-refractivity contribution is -0.228. The quantitative estimate of drug-likeness (QED) is 0.879. The van der Waals surface area contributed by atoms with E-state index in [4.69, 9.17) is 10.00 Å². The Kier molecular flexibility index (Phi) is 3.44. The molecule has 3 aliphatic rings. The highest BCUT2D eigenvalue weighted by molar-refractivity contribution is 9.10. The Morgan fingerprint density at radius 1 is 1.55 bits per heavy atom. The number of aromatic nitrogens is 1. The summed E-state index contributed by atoms with van der Waals surface area (Å²) >= 11 is 3.31. The second kappa shape index (κ2) is 4.99. The summed E-state index contributed by atoms with van der Waals surface area (Å²) in [4.78, 5) is 4.23. The number of hydrogen-bond acceptors (Lipinski definition) is 5. The first kappa shape index (κ1) is 13.8. The standard InChI is InChI=1S/C14H16BrN3O2/c15-11-3-10(4-16)12(17-5-11)18-8-14-6-13(7-14,9-19)1-2-20-14/h3,5,19H,1-2,6-9H2,(H,17,18). The van der Waals surface area contributed by atoms with Crippen LogP contribution in [0.15, 0.2) is 16.7 Å². The van der Waals surface area contributed by atoms with Gasteiger partial charge in [0.25, 0.3) is 0 Å². The molecular weight excluding hydrogens is 322 g/mol. The van der Waals surface area contributed by atoms with Crippen molar-refractivity contribution in [3.8, 4) is 6.07 Å². The van der Waals surface area contributed by atoms with Crippen molar-refractivity contribution in [2.45, 2.75) is 24.9 Å².